The van der Waals surface area contributed by atoms with Crippen molar-refractivity contribution in [3.8, 4) is 0 Å². The van der Waals surface area contributed by atoms with Gasteiger partial charge in [-0.2, -0.15) is 0 Å². The minimum Gasteiger partial charge on any atom is -0.390 e. The zero-order valence-electron chi connectivity index (χ0n) is 16.1. The Bertz CT molecular complexity index is 1030. The summed E-state index contributed by atoms with van der Waals surface area (Å²) in [5.74, 6) is 1.78. The third kappa shape index (κ3) is 2.21. The molecule has 2 N–H and O–H groups in total. The number of aromatic nitrogens is 4. The Hall–Kier alpha value is -1.89. The van der Waals surface area contributed by atoms with Gasteiger partial charge in [-0.05, 0) is 56.8 Å². The third-order valence-corrected chi connectivity index (χ3v) is 7.22. The summed E-state index contributed by atoms with van der Waals surface area (Å²) in [7, 11) is 0. The molecule has 0 aliphatic heterocycles. The zero-order valence-corrected chi connectivity index (χ0v) is 16.1. The topological polar surface area (TPSA) is 92.9 Å². The molecule has 2 aromatic heterocycles. The Kier molecular flexibility index (Phi) is 3.55. The first kappa shape index (κ1) is 17.2. The van der Waals surface area contributed by atoms with Crippen molar-refractivity contribution in [2.75, 3.05) is 0 Å². The molecule has 6 rings (SSSR count). The third-order valence-electron chi connectivity index (χ3n) is 7.22. The molecule has 0 spiro atoms. The van der Waals surface area contributed by atoms with Crippen LogP contribution in [0, 0.1) is 11.8 Å². The summed E-state index contributed by atoms with van der Waals surface area (Å²) in [5, 5.41) is 10.9. The first-order chi connectivity index (χ1) is 12.9. The lowest BCUT2D eigenvalue weighted by atomic mass is 9.73. The highest BCUT2D eigenvalue weighted by Gasteiger charge is 2.65. The van der Waals surface area contributed by atoms with Gasteiger partial charge in [-0.15, -0.1) is 0 Å². The molecule has 27 heavy (non-hydrogen) atoms. The standard InChI is InChI=1S/C20H28N4O3/c1-3-5-23-15-14(16(25)24(6-4-2)18(23)26)21-17(22-15)20-9-12-7-13(20)10-19(27,8-12)11-20/h12-13,27H,3-11H2,1-2H3,(H,21,22). The predicted molar refractivity (Wildman–Crippen MR) is 102 cm³/mol. The predicted octanol–water partition coefficient (Wildman–Crippen LogP) is 1.90. The summed E-state index contributed by atoms with van der Waals surface area (Å²) in [5.41, 5.74) is -0.332. The van der Waals surface area contributed by atoms with E-state index < -0.39 is 5.60 Å². The zero-order chi connectivity index (χ0) is 19.0. The van der Waals surface area contributed by atoms with Crippen LogP contribution >= 0.6 is 0 Å². The largest absolute Gasteiger partial charge is 0.390 e. The van der Waals surface area contributed by atoms with E-state index in [4.69, 9.17) is 4.98 Å². The minimum absolute atomic E-state index is 0.161. The van der Waals surface area contributed by atoms with Crippen molar-refractivity contribution in [3.05, 3.63) is 26.7 Å². The maximum atomic E-state index is 13.0. The minimum atomic E-state index is -0.573. The number of hydrogen-bond acceptors (Lipinski definition) is 4. The summed E-state index contributed by atoms with van der Waals surface area (Å²) in [6.07, 6.45) is 6.16. The number of nitrogens with zero attached hydrogens (tertiary/aromatic N) is 3. The molecule has 4 atom stereocenters. The van der Waals surface area contributed by atoms with Crippen LogP contribution in [0.3, 0.4) is 0 Å². The van der Waals surface area contributed by atoms with Crippen molar-refractivity contribution in [1.29, 1.82) is 0 Å². The van der Waals surface area contributed by atoms with E-state index in [1.54, 1.807) is 4.57 Å². The Morgan fingerprint density at radius 3 is 2.59 bits per heavy atom. The van der Waals surface area contributed by atoms with Gasteiger partial charge < -0.3 is 10.1 Å². The van der Waals surface area contributed by atoms with E-state index in [1.165, 1.54) is 4.57 Å². The van der Waals surface area contributed by atoms with Crippen LogP contribution in [0.25, 0.3) is 11.2 Å². The monoisotopic (exact) mass is 372 g/mol. The molecule has 4 aliphatic carbocycles. The molecule has 4 aliphatic rings. The normalized spacial score (nSPS) is 34.2. The Balaban J connectivity index is 1.73. The molecule has 7 nitrogen and oxygen atoms in total. The highest BCUT2D eigenvalue weighted by atomic mass is 16.3. The SMILES string of the molecule is CCCn1c(=O)c2[nH]c(C34CC5CC3CC(O)(C5)C4)nc2n(CCC)c1=O. The van der Waals surface area contributed by atoms with E-state index in [9.17, 15) is 14.7 Å². The van der Waals surface area contributed by atoms with Gasteiger partial charge in [0.1, 0.15) is 11.3 Å². The Labute approximate surface area is 157 Å². The number of aromatic amines is 1. The van der Waals surface area contributed by atoms with Crippen LogP contribution in [0.2, 0.25) is 0 Å². The molecular weight excluding hydrogens is 344 g/mol. The van der Waals surface area contributed by atoms with Crippen molar-refractivity contribution in [3.63, 3.8) is 0 Å². The summed E-state index contributed by atoms with van der Waals surface area (Å²) in [6, 6.07) is 0. The van der Waals surface area contributed by atoms with Gasteiger partial charge >= 0.3 is 5.69 Å². The highest BCUT2D eigenvalue weighted by Crippen LogP contribution is 2.66. The van der Waals surface area contributed by atoms with Crippen molar-refractivity contribution in [2.45, 2.75) is 82.9 Å². The van der Waals surface area contributed by atoms with Crippen molar-refractivity contribution in [1.82, 2.24) is 19.1 Å². The Morgan fingerprint density at radius 1 is 1.15 bits per heavy atom. The number of fused-ring (bicyclic) bond motifs is 1. The first-order valence-electron chi connectivity index (χ1n) is 10.4. The molecule has 0 amide bonds. The van der Waals surface area contributed by atoms with Crippen LogP contribution in [-0.2, 0) is 18.5 Å². The lowest BCUT2D eigenvalue weighted by Gasteiger charge is -2.36. The molecular formula is C20H28N4O3. The van der Waals surface area contributed by atoms with Gasteiger partial charge in [0.2, 0.25) is 0 Å². The van der Waals surface area contributed by atoms with E-state index in [-0.39, 0.29) is 16.7 Å². The molecule has 2 aromatic rings. The van der Waals surface area contributed by atoms with Crippen molar-refractivity contribution < 1.29 is 5.11 Å². The van der Waals surface area contributed by atoms with Crippen molar-refractivity contribution >= 4 is 11.2 Å². The molecule has 0 saturated heterocycles. The molecule has 0 radical (unpaired) electrons. The fourth-order valence-corrected chi connectivity index (χ4v) is 6.48. The van der Waals surface area contributed by atoms with Gasteiger partial charge in [-0.3, -0.25) is 13.9 Å². The summed E-state index contributed by atoms with van der Waals surface area (Å²) in [4.78, 5) is 34.0. The average molecular weight is 372 g/mol. The van der Waals surface area contributed by atoms with Gasteiger partial charge in [0.15, 0.2) is 5.65 Å². The van der Waals surface area contributed by atoms with Crippen molar-refractivity contribution in [2.24, 2.45) is 11.8 Å². The van der Waals surface area contributed by atoms with E-state index in [2.05, 4.69) is 4.98 Å². The summed E-state index contributed by atoms with van der Waals surface area (Å²) >= 11 is 0. The van der Waals surface area contributed by atoms with Gasteiger partial charge in [-0.1, -0.05) is 13.8 Å². The molecule has 146 valence electrons. The van der Waals surface area contributed by atoms with Crippen LogP contribution in [0.5, 0.6) is 0 Å². The highest BCUT2D eigenvalue weighted by molar-refractivity contribution is 5.70. The number of aryl methyl sites for hydroxylation is 1. The number of imidazole rings is 1. The Morgan fingerprint density at radius 2 is 1.89 bits per heavy atom. The molecule has 4 unspecified atom stereocenters. The van der Waals surface area contributed by atoms with Crippen LogP contribution in [0.15, 0.2) is 9.59 Å². The lowest BCUT2D eigenvalue weighted by Crippen LogP contribution is -2.40. The number of hydrogen-bond donors (Lipinski definition) is 2. The second kappa shape index (κ2) is 5.56. The fourth-order valence-electron chi connectivity index (χ4n) is 6.48. The quantitative estimate of drug-likeness (QED) is 0.838. The smallest absolute Gasteiger partial charge is 0.332 e. The molecule has 4 saturated carbocycles. The first-order valence-corrected chi connectivity index (χ1v) is 10.4. The van der Waals surface area contributed by atoms with Gasteiger partial charge in [0.05, 0.1) is 5.60 Å². The molecule has 7 heteroatoms. The molecule has 4 bridgehead atoms. The molecule has 2 heterocycles. The maximum Gasteiger partial charge on any atom is 0.332 e. The summed E-state index contributed by atoms with van der Waals surface area (Å²) in [6.45, 7) is 4.95. The number of aliphatic hydroxyl groups is 1. The van der Waals surface area contributed by atoms with E-state index in [0.29, 0.717) is 36.1 Å². The van der Waals surface area contributed by atoms with Gasteiger partial charge in [0, 0.05) is 18.5 Å². The maximum absolute atomic E-state index is 13.0. The second-order valence-electron chi connectivity index (χ2n) is 9.14. The number of H-pyrrole nitrogens is 1. The van der Waals surface area contributed by atoms with Crippen LogP contribution in [0.1, 0.15) is 64.6 Å². The van der Waals surface area contributed by atoms with Gasteiger partial charge in [-0.25, -0.2) is 9.78 Å². The average Bonchev–Trinajstić information content (AvgIpc) is 3.22. The van der Waals surface area contributed by atoms with Crippen LogP contribution in [0.4, 0.5) is 0 Å². The lowest BCUT2D eigenvalue weighted by molar-refractivity contribution is -0.0142. The number of rotatable bonds is 5. The fraction of sp³-hybridized carbons (Fsp3) is 0.750. The number of nitrogens with one attached hydrogen (secondary N) is 1. The second-order valence-corrected chi connectivity index (χ2v) is 9.14. The molecule has 4 fully saturated rings. The van der Waals surface area contributed by atoms with E-state index in [0.717, 1.165) is 50.8 Å². The van der Waals surface area contributed by atoms with E-state index >= 15 is 0 Å². The van der Waals surface area contributed by atoms with Gasteiger partial charge in [0.25, 0.3) is 5.56 Å². The van der Waals surface area contributed by atoms with Crippen LogP contribution < -0.4 is 11.2 Å². The summed E-state index contributed by atoms with van der Waals surface area (Å²) < 4.78 is 2.99. The molecule has 0 aromatic carbocycles. The van der Waals surface area contributed by atoms with E-state index in [1.807, 2.05) is 13.8 Å². The van der Waals surface area contributed by atoms with Crippen LogP contribution in [-0.4, -0.2) is 29.8 Å².